The first-order valence-corrected chi connectivity index (χ1v) is 7.62. The van der Waals surface area contributed by atoms with Crippen molar-refractivity contribution in [2.45, 2.75) is 19.9 Å². The van der Waals surface area contributed by atoms with Crippen molar-refractivity contribution in [3.8, 4) is 5.75 Å². The molecule has 23 heavy (non-hydrogen) atoms. The highest BCUT2D eigenvalue weighted by molar-refractivity contribution is 6.06. The van der Waals surface area contributed by atoms with Gasteiger partial charge in [0.25, 0.3) is 0 Å². The van der Waals surface area contributed by atoms with Crippen molar-refractivity contribution >= 4 is 16.9 Å². The Hall–Kier alpha value is -2.75. The second kappa shape index (κ2) is 6.16. The van der Waals surface area contributed by atoms with Gasteiger partial charge in [0.05, 0.1) is 12.7 Å². The van der Waals surface area contributed by atoms with Gasteiger partial charge in [0.2, 0.25) is 0 Å². The fourth-order valence-electron chi connectivity index (χ4n) is 3.04. The van der Waals surface area contributed by atoms with Gasteiger partial charge in [0.15, 0.2) is 0 Å². The number of hydrogen-bond donors (Lipinski definition) is 1. The van der Waals surface area contributed by atoms with Crippen LogP contribution in [0.2, 0.25) is 0 Å². The maximum Gasteiger partial charge on any atom is 0.340 e. The van der Waals surface area contributed by atoms with E-state index < -0.39 is 0 Å². The number of carbonyl (C=O) groups excluding carboxylic acids is 1. The highest BCUT2D eigenvalue weighted by Gasteiger charge is 2.22. The van der Waals surface area contributed by atoms with E-state index in [1.165, 1.54) is 7.11 Å². The molecule has 1 aromatic heterocycles. The van der Waals surface area contributed by atoms with E-state index in [-0.39, 0.29) is 11.7 Å². The molecule has 2 aromatic carbocycles. The lowest BCUT2D eigenvalue weighted by Gasteiger charge is -2.10. The van der Waals surface area contributed by atoms with Crippen LogP contribution in [0, 0.1) is 0 Å². The number of methoxy groups -OCH3 is 1. The molecule has 1 heterocycles. The lowest BCUT2D eigenvalue weighted by atomic mass is 10.1. The second-order valence-electron chi connectivity index (χ2n) is 5.44. The number of aromatic nitrogens is 1. The number of esters is 1. The van der Waals surface area contributed by atoms with Crippen LogP contribution in [0.25, 0.3) is 10.9 Å². The normalized spacial score (nSPS) is 10.9. The number of ether oxygens (including phenoxy) is 1. The quantitative estimate of drug-likeness (QED) is 0.747. The summed E-state index contributed by atoms with van der Waals surface area (Å²) in [6.45, 7) is 2.68. The molecule has 0 saturated carbocycles. The number of fused-ring (bicyclic) bond motifs is 1. The van der Waals surface area contributed by atoms with Crippen LogP contribution >= 0.6 is 0 Å². The van der Waals surface area contributed by atoms with Gasteiger partial charge in [-0.05, 0) is 30.2 Å². The molecule has 3 aromatic rings. The number of phenolic OH excluding ortho intramolecular Hbond substituents is 1. The number of nitrogens with zero attached hydrogens (tertiary/aromatic N) is 1. The van der Waals surface area contributed by atoms with Crippen molar-refractivity contribution in [3.05, 3.63) is 65.4 Å². The smallest absolute Gasteiger partial charge is 0.340 e. The minimum Gasteiger partial charge on any atom is -0.508 e. The number of rotatable bonds is 4. The Morgan fingerprint density at radius 1 is 1.17 bits per heavy atom. The average molecular weight is 309 g/mol. The summed E-state index contributed by atoms with van der Waals surface area (Å²) in [4.78, 5) is 12.3. The van der Waals surface area contributed by atoms with Crippen molar-refractivity contribution in [1.29, 1.82) is 0 Å². The molecule has 4 heteroatoms. The molecule has 0 amide bonds. The Labute approximate surface area is 134 Å². The summed E-state index contributed by atoms with van der Waals surface area (Å²) < 4.78 is 7.08. The standard InChI is InChI=1S/C19H19NO3/c1-3-16-18(19(22)23-2)15-11-14(21)9-10-17(15)20(16)12-13-7-5-4-6-8-13/h4-11,21H,3,12H2,1-2H3. The Morgan fingerprint density at radius 2 is 1.91 bits per heavy atom. The molecule has 3 rings (SSSR count). The Balaban J connectivity index is 2.25. The van der Waals surface area contributed by atoms with Crippen LogP contribution in [-0.4, -0.2) is 22.8 Å². The number of phenols is 1. The maximum atomic E-state index is 12.3. The van der Waals surface area contributed by atoms with Crippen molar-refractivity contribution < 1.29 is 14.6 Å². The number of aromatic hydroxyl groups is 1. The predicted octanol–water partition coefficient (Wildman–Crippen LogP) is 3.74. The van der Waals surface area contributed by atoms with Crippen molar-refractivity contribution in [1.82, 2.24) is 4.57 Å². The number of hydrogen-bond acceptors (Lipinski definition) is 3. The Morgan fingerprint density at radius 3 is 2.57 bits per heavy atom. The molecule has 0 bridgehead atoms. The minimum atomic E-state index is -0.371. The summed E-state index contributed by atoms with van der Waals surface area (Å²) >= 11 is 0. The van der Waals surface area contributed by atoms with E-state index in [0.29, 0.717) is 18.5 Å². The highest BCUT2D eigenvalue weighted by atomic mass is 16.5. The molecule has 0 aliphatic heterocycles. The van der Waals surface area contributed by atoms with Crippen LogP contribution in [0.5, 0.6) is 5.75 Å². The van der Waals surface area contributed by atoms with E-state index in [1.807, 2.05) is 31.2 Å². The van der Waals surface area contributed by atoms with Gasteiger partial charge in [-0.25, -0.2) is 4.79 Å². The SMILES string of the molecule is CCc1c(C(=O)OC)c2cc(O)ccc2n1Cc1ccccc1. The summed E-state index contributed by atoms with van der Waals surface area (Å²) in [5.41, 5.74) is 3.53. The number of benzene rings is 2. The molecule has 0 fully saturated rings. The molecule has 0 aliphatic rings. The topological polar surface area (TPSA) is 51.5 Å². The average Bonchev–Trinajstić information content (AvgIpc) is 2.87. The van der Waals surface area contributed by atoms with Crippen LogP contribution < -0.4 is 0 Å². The maximum absolute atomic E-state index is 12.3. The molecule has 0 unspecified atom stereocenters. The first kappa shape index (κ1) is 15.2. The zero-order valence-electron chi connectivity index (χ0n) is 13.2. The fourth-order valence-corrected chi connectivity index (χ4v) is 3.04. The van der Waals surface area contributed by atoms with E-state index in [4.69, 9.17) is 4.74 Å². The van der Waals surface area contributed by atoms with Gasteiger partial charge in [-0.3, -0.25) is 0 Å². The highest BCUT2D eigenvalue weighted by Crippen LogP contribution is 2.31. The summed E-state index contributed by atoms with van der Waals surface area (Å²) in [5.74, 6) is -0.230. The van der Waals surface area contributed by atoms with E-state index in [9.17, 15) is 9.90 Å². The van der Waals surface area contributed by atoms with Gasteiger partial charge >= 0.3 is 5.97 Å². The lowest BCUT2D eigenvalue weighted by Crippen LogP contribution is -2.08. The summed E-state index contributed by atoms with van der Waals surface area (Å²) in [6.07, 6.45) is 0.701. The molecular weight excluding hydrogens is 290 g/mol. The minimum absolute atomic E-state index is 0.141. The van der Waals surface area contributed by atoms with Crippen molar-refractivity contribution in [3.63, 3.8) is 0 Å². The molecule has 1 N–H and O–H groups in total. The van der Waals surface area contributed by atoms with Gasteiger partial charge < -0.3 is 14.4 Å². The molecule has 0 saturated heterocycles. The fraction of sp³-hybridized carbons (Fsp3) is 0.211. The second-order valence-corrected chi connectivity index (χ2v) is 5.44. The van der Waals surface area contributed by atoms with E-state index >= 15 is 0 Å². The van der Waals surface area contributed by atoms with Gasteiger partial charge in [-0.2, -0.15) is 0 Å². The molecule has 0 spiro atoms. The molecule has 118 valence electrons. The zero-order chi connectivity index (χ0) is 16.4. The van der Waals surface area contributed by atoms with Crippen LogP contribution in [-0.2, 0) is 17.7 Å². The molecule has 0 atom stereocenters. The zero-order valence-corrected chi connectivity index (χ0v) is 13.2. The first-order valence-electron chi connectivity index (χ1n) is 7.62. The van der Waals surface area contributed by atoms with Crippen LogP contribution in [0.15, 0.2) is 48.5 Å². The van der Waals surface area contributed by atoms with E-state index in [1.54, 1.807) is 12.1 Å². The third-order valence-electron chi connectivity index (χ3n) is 4.06. The Bertz CT molecular complexity index is 850. The first-order chi connectivity index (χ1) is 11.2. The van der Waals surface area contributed by atoms with Crippen LogP contribution in [0.4, 0.5) is 0 Å². The van der Waals surface area contributed by atoms with Crippen LogP contribution in [0.1, 0.15) is 28.5 Å². The van der Waals surface area contributed by atoms with Gasteiger partial charge in [-0.1, -0.05) is 37.3 Å². The lowest BCUT2D eigenvalue weighted by molar-refractivity contribution is 0.0601. The summed E-state index contributed by atoms with van der Waals surface area (Å²) in [5, 5.41) is 10.5. The monoisotopic (exact) mass is 309 g/mol. The van der Waals surface area contributed by atoms with Crippen molar-refractivity contribution in [2.75, 3.05) is 7.11 Å². The van der Waals surface area contributed by atoms with Gasteiger partial charge in [-0.15, -0.1) is 0 Å². The van der Waals surface area contributed by atoms with E-state index in [2.05, 4.69) is 16.7 Å². The van der Waals surface area contributed by atoms with E-state index in [0.717, 1.165) is 22.2 Å². The summed E-state index contributed by atoms with van der Waals surface area (Å²) in [7, 11) is 1.38. The number of carbonyl (C=O) groups is 1. The summed E-state index contributed by atoms with van der Waals surface area (Å²) in [6, 6.07) is 15.2. The molecule has 4 nitrogen and oxygen atoms in total. The van der Waals surface area contributed by atoms with Crippen molar-refractivity contribution in [2.24, 2.45) is 0 Å². The predicted molar refractivity (Wildman–Crippen MR) is 89.9 cm³/mol. The third kappa shape index (κ3) is 2.68. The van der Waals surface area contributed by atoms with Crippen LogP contribution in [0.3, 0.4) is 0 Å². The van der Waals surface area contributed by atoms with Gasteiger partial charge in [0, 0.05) is 23.1 Å². The molecule has 0 radical (unpaired) electrons. The molecular formula is C19H19NO3. The Kier molecular flexibility index (Phi) is 4.06. The molecule has 0 aliphatic carbocycles. The largest absolute Gasteiger partial charge is 0.508 e. The third-order valence-corrected chi connectivity index (χ3v) is 4.06. The van der Waals surface area contributed by atoms with Gasteiger partial charge in [0.1, 0.15) is 5.75 Å².